The minimum atomic E-state index is -0.909. The lowest BCUT2D eigenvalue weighted by molar-refractivity contribution is -0.137. The minimum Gasteiger partial charge on any atom is -0.481 e. The molecule has 2 aromatic heterocycles. The van der Waals surface area contributed by atoms with Gasteiger partial charge in [-0.3, -0.25) is 14.6 Å². The molecule has 2 N–H and O–H groups in total. The third kappa shape index (κ3) is 3.78. The Kier molecular flexibility index (Phi) is 4.86. The van der Waals surface area contributed by atoms with Crippen molar-refractivity contribution in [2.75, 3.05) is 5.32 Å². The van der Waals surface area contributed by atoms with Crippen LogP contribution in [0.25, 0.3) is 10.9 Å². The van der Waals surface area contributed by atoms with Gasteiger partial charge in [0.1, 0.15) is 0 Å². The van der Waals surface area contributed by atoms with E-state index in [9.17, 15) is 9.59 Å². The Balaban J connectivity index is 1.77. The number of carbonyl (C=O) groups is 2. The number of amides is 1. The van der Waals surface area contributed by atoms with Crippen LogP contribution in [-0.2, 0) is 9.59 Å². The summed E-state index contributed by atoms with van der Waals surface area (Å²) in [6, 6.07) is 13.1. The number of carboxylic acid groups (broad SMARTS) is 1. The number of thiophene rings is 1. The summed E-state index contributed by atoms with van der Waals surface area (Å²) in [5.74, 6) is -1.45. The summed E-state index contributed by atoms with van der Waals surface area (Å²) in [6.45, 7) is 0. The van der Waals surface area contributed by atoms with Crippen molar-refractivity contribution >= 4 is 39.8 Å². The van der Waals surface area contributed by atoms with Gasteiger partial charge in [0.25, 0.3) is 0 Å². The zero-order valence-corrected chi connectivity index (χ0v) is 13.6. The Bertz CT molecular complexity index is 856. The minimum absolute atomic E-state index is 0.0677. The van der Waals surface area contributed by atoms with E-state index < -0.39 is 5.97 Å². The van der Waals surface area contributed by atoms with Gasteiger partial charge in [-0.1, -0.05) is 24.3 Å². The van der Waals surface area contributed by atoms with E-state index in [2.05, 4.69) is 10.3 Å². The number of nitrogens with one attached hydrogen (secondary N) is 1. The first kappa shape index (κ1) is 16.1. The Morgan fingerprint density at radius 2 is 1.96 bits per heavy atom. The molecule has 2 heterocycles. The molecule has 0 radical (unpaired) electrons. The van der Waals surface area contributed by atoms with Crippen molar-refractivity contribution in [2.24, 2.45) is 0 Å². The van der Waals surface area contributed by atoms with Crippen molar-refractivity contribution in [3.63, 3.8) is 0 Å². The maximum atomic E-state index is 12.4. The fraction of sp³-hybridized carbons (Fsp3) is 0.167. The fourth-order valence-corrected chi connectivity index (χ4v) is 3.47. The third-order valence-corrected chi connectivity index (χ3v) is 4.74. The first-order valence-corrected chi connectivity index (χ1v) is 8.40. The average molecular weight is 340 g/mol. The summed E-state index contributed by atoms with van der Waals surface area (Å²) in [5, 5.41) is 14.8. The van der Waals surface area contributed by atoms with Gasteiger partial charge in [0, 0.05) is 28.8 Å². The predicted octanol–water partition coefficient (Wildman–Crippen LogP) is 3.88. The molecule has 3 rings (SSSR count). The van der Waals surface area contributed by atoms with E-state index in [0.717, 1.165) is 15.8 Å². The van der Waals surface area contributed by atoms with E-state index in [1.165, 1.54) is 11.3 Å². The molecule has 0 aliphatic carbocycles. The van der Waals surface area contributed by atoms with Crippen LogP contribution in [0.3, 0.4) is 0 Å². The number of anilines is 1. The highest BCUT2D eigenvalue weighted by molar-refractivity contribution is 7.10. The molecule has 122 valence electrons. The van der Waals surface area contributed by atoms with Crippen LogP contribution in [0.5, 0.6) is 0 Å². The van der Waals surface area contributed by atoms with Crippen molar-refractivity contribution in [1.29, 1.82) is 0 Å². The molecule has 0 aliphatic rings. The first-order chi connectivity index (χ1) is 11.6. The van der Waals surface area contributed by atoms with Crippen LogP contribution >= 0.6 is 11.3 Å². The highest BCUT2D eigenvalue weighted by Gasteiger charge is 2.20. The van der Waals surface area contributed by atoms with Crippen LogP contribution in [0.1, 0.15) is 23.6 Å². The molecule has 0 saturated heterocycles. The maximum Gasteiger partial charge on any atom is 0.304 e. The lowest BCUT2D eigenvalue weighted by Gasteiger charge is -2.14. The number of carboxylic acids is 1. The van der Waals surface area contributed by atoms with Crippen LogP contribution in [0.2, 0.25) is 0 Å². The van der Waals surface area contributed by atoms with Crippen molar-refractivity contribution in [1.82, 2.24) is 4.98 Å². The Hall–Kier alpha value is -2.73. The molecule has 6 heteroatoms. The number of nitrogens with zero attached hydrogens (tertiary/aromatic N) is 1. The maximum absolute atomic E-state index is 12.4. The van der Waals surface area contributed by atoms with Crippen LogP contribution in [-0.4, -0.2) is 22.0 Å². The predicted molar refractivity (Wildman–Crippen MR) is 94.3 cm³/mol. The van der Waals surface area contributed by atoms with Crippen molar-refractivity contribution in [3.8, 4) is 0 Å². The van der Waals surface area contributed by atoms with Crippen LogP contribution < -0.4 is 5.32 Å². The summed E-state index contributed by atoms with van der Waals surface area (Å²) >= 11 is 1.47. The number of hydrogen-bond donors (Lipinski definition) is 2. The number of pyridine rings is 1. The number of para-hydroxylation sites is 1. The second kappa shape index (κ2) is 7.23. The lowest BCUT2D eigenvalue weighted by Crippen LogP contribution is -2.17. The second-order valence-corrected chi connectivity index (χ2v) is 6.42. The number of fused-ring (bicyclic) bond motifs is 1. The largest absolute Gasteiger partial charge is 0.481 e. The van der Waals surface area contributed by atoms with Gasteiger partial charge in [-0.15, -0.1) is 11.3 Å². The van der Waals surface area contributed by atoms with E-state index in [4.69, 9.17) is 5.11 Å². The SMILES string of the molecule is O=C(O)C[C@H](CC(=O)Nc1cccc2cccnc12)c1cccs1. The Morgan fingerprint density at radius 3 is 2.71 bits per heavy atom. The van der Waals surface area contributed by atoms with Crippen LogP contribution in [0.15, 0.2) is 54.0 Å². The van der Waals surface area contributed by atoms with E-state index in [1.54, 1.807) is 12.3 Å². The number of aromatic nitrogens is 1. The number of rotatable bonds is 6. The summed E-state index contributed by atoms with van der Waals surface area (Å²) < 4.78 is 0. The monoisotopic (exact) mass is 340 g/mol. The Labute approximate surface area is 143 Å². The van der Waals surface area contributed by atoms with E-state index in [0.29, 0.717) is 5.69 Å². The number of hydrogen-bond acceptors (Lipinski definition) is 4. The fourth-order valence-electron chi connectivity index (χ4n) is 2.64. The van der Waals surface area contributed by atoms with Crippen LogP contribution in [0.4, 0.5) is 5.69 Å². The van der Waals surface area contributed by atoms with Gasteiger partial charge in [-0.05, 0) is 23.6 Å². The summed E-state index contributed by atoms with van der Waals surface area (Å²) in [7, 11) is 0. The molecule has 0 fully saturated rings. The summed E-state index contributed by atoms with van der Waals surface area (Å²) in [6.07, 6.45) is 1.73. The van der Waals surface area contributed by atoms with Gasteiger partial charge in [-0.2, -0.15) is 0 Å². The van der Waals surface area contributed by atoms with Gasteiger partial charge in [0.05, 0.1) is 17.6 Å². The number of carbonyl (C=O) groups excluding carboxylic acids is 1. The summed E-state index contributed by atoms with van der Waals surface area (Å²) in [4.78, 5) is 28.7. The molecule has 1 amide bonds. The molecule has 0 aliphatic heterocycles. The first-order valence-electron chi connectivity index (χ1n) is 7.52. The normalized spacial score (nSPS) is 12.0. The summed E-state index contributed by atoms with van der Waals surface area (Å²) in [5.41, 5.74) is 1.36. The third-order valence-electron chi connectivity index (χ3n) is 3.71. The molecule has 0 unspecified atom stereocenters. The molecule has 0 spiro atoms. The molecule has 1 atom stereocenters. The van der Waals surface area contributed by atoms with Crippen molar-refractivity contribution in [3.05, 3.63) is 58.9 Å². The van der Waals surface area contributed by atoms with E-state index >= 15 is 0 Å². The smallest absolute Gasteiger partial charge is 0.304 e. The van der Waals surface area contributed by atoms with Crippen molar-refractivity contribution in [2.45, 2.75) is 18.8 Å². The standard InChI is InChI=1S/C18H16N2O3S/c21-16(10-13(11-17(22)23)15-7-3-9-24-15)20-14-6-1-4-12-5-2-8-19-18(12)14/h1-9,13H,10-11H2,(H,20,21)(H,22,23)/t13-/m0/s1. The van der Waals surface area contributed by atoms with Gasteiger partial charge in [-0.25, -0.2) is 0 Å². The van der Waals surface area contributed by atoms with Gasteiger partial charge >= 0.3 is 5.97 Å². The number of aliphatic carboxylic acids is 1. The molecular formula is C18H16N2O3S. The molecule has 3 aromatic rings. The zero-order chi connectivity index (χ0) is 16.9. The van der Waals surface area contributed by atoms with E-state index in [-0.39, 0.29) is 24.7 Å². The number of benzene rings is 1. The zero-order valence-electron chi connectivity index (χ0n) is 12.8. The van der Waals surface area contributed by atoms with Gasteiger partial charge in [0.2, 0.25) is 5.91 Å². The highest BCUT2D eigenvalue weighted by atomic mass is 32.1. The second-order valence-electron chi connectivity index (χ2n) is 5.44. The molecule has 24 heavy (non-hydrogen) atoms. The van der Waals surface area contributed by atoms with Crippen molar-refractivity contribution < 1.29 is 14.7 Å². The Morgan fingerprint density at radius 1 is 1.12 bits per heavy atom. The molecule has 0 saturated carbocycles. The molecule has 1 aromatic carbocycles. The van der Waals surface area contributed by atoms with E-state index in [1.807, 2.05) is 41.8 Å². The van der Waals surface area contributed by atoms with Gasteiger partial charge < -0.3 is 10.4 Å². The van der Waals surface area contributed by atoms with Crippen LogP contribution in [0, 0.1) is 0 Å². The van der Waals surface area contributed by atoms with Gasteiger partial charge in [0.15, 0.2) is 0 Å². The molecule has 0 bridgehead atoms. The average Bonchev–Trinajstić information content (AvgIpc) is 3.08. The molecule has 5 nitrogen and oxygen atoms in total. The topological polar surface area (TPSA) is 79.3 Å². The molecular weight excluding hydrogens is 324 g/mol. The quantitative estimate of drug-likeness (QED) is 0.713. The lowest BCUT2D eigenvalue weighted by atomic mass is 9.99. The highest BCUT2D eigenvalue weighted by Crippen LogP contribution is 2.29.